The first-order valence-corrected chi connectivity index (χ1v) is 7.27. The minimum atomic E-state index is -2.79. The molecule has 6 nitrogen and oxygen atoms in total. The average molecular weight is 312 g/mol. The highest BCUT2D eigenvalue weighted by molar-refractivity contribution is 5.92. The summed E-state index contributed by atoms with van der Waals surface area (Å²) in [6.45, 7) is 2.09. The number of morpholine rings is 1. The maximum Gasteiger partial charge on any atom is 0.322 e. The van der Waals surface area contributed by atoms with Crippen LogP contribution in [0.5, 0.6) is 0 Å². The summed E-state index contributed by atoms with van der Waals surface area (Å²) < 4.78 is 31.7. The number of nitrogens with zero attached hydrogens (tertiary/aromatic N) is 3. The predicted octanol–water partition coefficient (Wildman–Crippen LogP) is 1.79. The quantitative estimate of drug-likeness (QED) is 0.904. The summed E-state index contributed by atoms with van der Waals surface area (Å²) in [5.74, 6) is -2.15. The van der Waals surface area contributed by atoms with E-state index in [1.54, 1.807) is 18.3 Å². The van der Waals surface area contributed by atoms with Gasteiger partial charge < -0.3 is 19.9 Å². The Morgan fingerprint density at radius 2 is 2.09 bits per heavy atom. The molecule has 1 aromatic rings. The van der Waals surface area contributed by atoms with Crippen LogP contribution in [0.4, 0.5) is 25.1 Å². The number of hydrogen-bond donors (Lipinski definition) is 1. The van der Waals surface area contributed by atoms with Gasteiger partial charge in [0.05, 0.1) is 25.4 Å². The number of hydrogen-bond acceptors (Lipinski definition) is 4. The SMILES string of the molecule is O=C(Nc1cccnc1N1CCOCC1)N1CCC(F)(F)C1. The first-order chi connectivity index (χ1) is 10.6. The van der Waals surface area contributed by atoms with Crippen molar-refractivity contribution in [3.05, 3.63) is 18.3 Å². The third-order valence-corrected chi connectivity index (χ3v) is 3.80. The molecular formula is C14H18F2N4O2. The monoisotopic (exact) mass is 312 g/mol. The number of pyridine rings is 1. The van der Waals surface area contributed by atoms with Gasteiger partial charge in [-0.25, -0.2) is 18.6 Å². The molecule has 0 atom stereocenters. The molecule has 0 unspecified atom stereocenters. The van der Waals surface area contributed by atoms with Crippen molar-refractivity contribution in [3.8, 4) is 0 Å². The van der Waals surface area contributed by atoms with Crippen LogP contribution in [0.3, 0.4) is 0 Å². The molecule has 2 saturated heterocycles. The van der Waals surface area contributed by atoms with Crippen LogP contribution in [0.15, 0.2) is 18.3 Å². The van der Waals surface area contributed by atoms with Crippen LogP contribution in [-0.2, 0) is 4.74 Å². The van der Waals surface area contributed by atoms with Crippen LogP contribution in [0.2, 0.25) is 0 Å². The van der Waals surface area contributed by atoms with E-state index in [1.165, 1.54) is 0 Å². The van der Waals surface area contributed by atoms with Crippen LogP contribution in [0.1, 0.15) is 6.42 Å². The van der Waals surface area contributed by atoms with Crippen molar-refractivity contribution in [1.29, 1.82) is 0 Å². The fraction of sp³-hybridized carbons (Fsp3) is 0.571. The van der Waals surface area contributed by atoms with Gasteiger partial charge in [0.2, 0.25) is 0 Å². The third-order valence-electron chi connectivity index (χ3n) is 3.80. The highest BCUT2D eigenvalue weighted by Gasteiger charge is 2.40. The van der Waals surface area contributed by atoms with Crippen LogP contribution in [-0.4, -0.2) is 61.2 Å². The third kappa shape index (κ3) is 3.27. The molecule has 3 rings (SSSR count). The molecule has 1 aromatic heterocycles. The smallest absolute Gasteiger partial charge is 0.322 e. The number of urea groups is 1. The summed E-state index contributed by atoms with van der Waals surface area (Å²) in [5, 5.41) is 2.70. The van der Waals surface area contributed by atoms with Crippen molar-refractivity contribution < 1.29 is 18.3 Å². The first-order valence-electron chi connectivity index (χ1n) is 7.27. The normalized spacial score (nSPS) is 21.0. The zero-order valence-corrected chi connectivity index (χ0v) is 12.1. The minimum absolute atomic E-state index is 0.0615. The van der Waals surface area contributed by atoms with Gasteiger partial charge in [-0.3, -0.25) is 0 Å². The van der Waals surface area contributed by atoms with Gasteiger partial charge in [0.15, 0.2) is 5.82 Å². The first kappa shape index (κ1) is 15.0. The lowest BCUT2D eigenvalue weighted by molar-refractivity contribution is 0.0159. The Morgan fingerprint density at radius 3 is 2.77 bits per heavy atom. The van der Waals surface area contributed by atoms with Crippen LogP contribution in [0, 0.1) is 0 Å². The number of anilines is 2. The number of carbonyl (C=O) groups excluding carboxylic acids is 1. The van der Waals surface area contributed by atoms with E-state index in [0.29, 0.717) is 37.8 Å². The molecule has 0 spiro atoms. The summed E-state index contributed by atoms with van der Waals surface area (Å²) >= 11 is 0. The van der Waals surface area contributed by atoms with Crippen molar-refractivity contribution in [2.24, 2.45) is 0 Å². The van der Waals surface area contributed by atoms with Crippen molar-refractivity contribution in [2.75, 3.05) is 49.6 Å². The van der Waals surface area contributed by atoms with Gasteiger partial charge in [0, 0.05) is 32.3 Å². The summed E-state index contributed by atoms with van der Waals surface area (Å²) in [4.78, 5) is 19.6. The average Bonchev–Trinajstić information content (AvgIpc) is 2.89. The summed E-state index contributed by atoms with van der Waals surface area (Å²) in [6.07, 6.45) is 1.36. The maximum absolute atomic E-state index is 13.2. The van der Waals surface area contributed by atoms with Gasteiger partial charge in [-0.15, -0.1) is 0 Å². The Labute approximate surface area is 127 Å². The van der Waals surface area contributed by atoms with Gasteiger partial charge in [-0.2, -0.15) is 0 Å². The Morgan fingerprint density at radius 1 is 1.32 bits per heavy atom. The second-order valence-electron chi connectivity index (χ2n) is 5.43. The number of nitrogens with one attached hydrogen (secondary N) is 1. The standard InChI is InChI=1S/C14H18F2N4O2/c15-14(16)3-5-20(10-14)13(21)18-11-2-1-4-17-12(11)19-6-8-22-9-7-19/h1-2,4H,3,5-10H2,(H,18,21). The van der Waals surface area contributed by atoms with E-state index in [1.807, 2.05) is 4.90 Å². The van der Waals surface area contributed by atoms with E-state index in [0.717, 1.165) is 4.90 Å². The second-order valence-corrected chi connectivity index (χ2v) is 5.43. The molecule has 2 amide bonds. The van der Waals surface area contributed by atoms with E-state index in [4.69, 9.17) is 4.74 Å². The maximum atomic E-state index is 13.2. The molecule has 0 aliphatic carbocycles. The summed E-state index contributed by atoms with van der Waals surface area (Å²) in [6, 6.07) is 2.92. The fourth-order valence-corrected chi connectivity index (χ4v) is 2.63. The molecule has 3 heterocycles. The Kier molecular flexibility index (Phi) is 4.10. The lowest BCUT2D eigenvalue weighted by Crippen LogP contribution is -2.38. The van der Waals surface area contributed by atoms with E-state index in [-0.39, 0.29) is 13.0 Å². The number of alkyl halides is 2. The van der Waals surface area contributed by atoms with E-state index >= 15 is 0 Å². The predicted molar refractivity (Wildman–Crippen MR) is 77.4 cm³/mol. The molecule has 8 heteroatoms. The van der Waals surface area contributed by atoms with Gasteiger partial charge in [0.1, 0.15) is 0 Å². The van der Waals surface area contributed by atoms with Gasteiger partial charge >= 0.3 is 6.03 Å². The van der Waals surface area contributed by atoms with Crippen LogP contribution < -0.4 is 10.2 Å². The van der Waals surface area contributed by atoms with Crippen LogP contribution >= 0.6 is 0 Å². The Bertz CT molecular complexity index is 549. The fourth-order valence-electron chi connectivity index (χ4n) is 2.63. The van der Waals surface area contributed by atoms with E-state index < -0.39 is 18.5 Å². The molecule has 120 valence electrons. The van der Waals surface area contributed by atoms with Gasteiger partial charge in [-0.05, 0) is 12.1 Å². The van der Waals surface area contributed by atoms with Crippen LogP contribution in [0.25, 0.3) is 0 Å². The topological polar surface area (TPSA) is 57.7 Å². The van der Waals surface area contributed by atoms with Crippen molar-refractivity contribution in [2.45, 2.75) is 12.3 Å². The number of halogens is 2. The Hall–Kier alpha value is -1.96. The molecular weight excluding hydrogens is 294 g/mol. The lowest BCUT2D eigenvalue weighted by atomic mass is 10.3. The number of likely N-dealkylation sites (tertiary alicyclic amines) is 1. The molecule has 0 bridgehead atoms. The van der Waals surface area contributed by atoms with E-state index in [9.17, 15) is 13.6 Å². The number of carbonyl (C=O) groups is 1. The molecule has 0 radical (unpaired) electrons. The van der Waals surface area contributed by atoms with Gasteiger partial charge in [0.25, 0.3) is 5.92 Å². The number of ether oxygens (including phenoxy) is 1. The highest BCUT2D eigenvalue weighted by atomic mass is 19.3. The molecule has 2 fully saturated rings. The summed E-state index contributed by atoms with van der Waals surface area (Å²) in [7, 11) is 0. The molecule has 1 N–H and O–H groups in total. The number of rotatable bonds is 2. The van der Waals surface area contributed by atoms with Crippen molar-refractivity contribution in [1.82, 2.24) is 9.88 Å². The van der Waals surface area contributed by atoms with E-state index in [2.05, 4.69) is 10.3 Å². The Balaban J connectivity index is 1.71. The summed E-state index contributed by atoms with van der Waals surface area (Å²) in [5.41, 5.74) is 0.532. The highest BCUT2D eigenvalue weighted by Crippen LogP contribution is 2.28. The molecule has 2 aliphatic heterocycles. The van der Waals surface area contributed by atoms with Crippen molar-refractivity contribution in [3.63, 3.8) is 0 Å². The second kappa shape index (κ2) is 6.04. The zero-order chi connectivity index (χ0) is 15.6. The molecule has 2 aliphatic rings. The lowest BCUT2D eigenvalue weighted by Gasteiger charge is -2.29. The number of aromatic nitrogens is 1. The molecule has 0 saturated carbocycles. The van der Waals surface area contributed by atoms with Gasteiger partial charge in [-0.1, -0.05) is 0 Å². The molecule has 22 heavy (non-hydrogen) atoms. The minimum Gasteiger partial charge on any atom is -0.378 e. The molecule has 0 aromatic carbocycles. The largest absolute Gasteiger partial charge is 0.378 e. The van der Waals surface area contributed by atoms with Crippen molar-refractivity contribution >= 4 is 17.5 Å². The zero-order valence-electron chi connectivity index (χ0n) is 12.1. The number of amides is 2.